The lowest BCUT2D eigenvalue weighted by Crippen LogP contribution is -2.60. The molecule has 0 aromatic carbocycles. The monoisotopic (exact) mass is 223 g/mol. The molecule has 0 radical (unpaired) electrons. The number of hydrogen-bond donors (Lipinski definition) is 1. The number of carbonyl (C=O) groups excluding carboxylic acids is 1. The van der Waals surface area contributed by atoms with Gasteiger partial charge in [0.25, 0.3) is 0 Å². The van der Waals surface area contributed by atoms with E-state index in [2.05, 4.69) is 0 Å². The maximum atomic E-state index is 11.5. The van der Waals surface area contributed by atoms with E-state index in [4.69, 9.17) is 10.5 Å². The Kier molecular flexibility index (Phi) is 2.13. The number of ether oxygens (including phenoxy) is 1. The van der Waals surface area contributed by atoms with E-state index >= 15 is 0 Å². The van der Waals surface area contributed by atoms with Crippen LogP contribution in [0.5, 0.6) is 0 Å². The van der Waals surface area contributed by atoms with Crippen molar-refractivity contribution in [2.24, 2.45) is 23.0 Å². The largest absolute Gasteiger partial charge is 0.469 e. The van der Waals surface area contributed by atoms with Crippen molar-refractivity contribution in [3.8, 4) is 0 Å². The van der Waals surface area contributed by atoms with Gasteiger partial charge in [0, 0.05) is 5.54 Å². The number of nitrogens with two attached hydrogens (primary N) is 1. The summed E-state index contributed by atoms with van der Waals surface area (Å²) in [5.41, 5.74) is 6.70. The normalized spacial score (nSPS) is 49.4. The third-order valence-electron chi connectivity index (χ3n) is 4.97. The molecule has 4 saturated carbocycles. The number of rotatable bonds is 2. The summed E-state index contributed by atoms with van der Waals surface area (Å²) in [6, 6.07) is 0. The molecule has 0 aromatic heterocycles. The number of methoxy groups -OCH3 is 1. The summed E-state index contributed by atoms with van der Waals surface area (Å²) in [6.45, 7) is 0. The summed E-state index contributed by atoms with van der Waals surface area (Å²) in [7, 11) is 1.49. The van der Waals surface area contributed by atoms with Gasteiger partial charge in [-0.05, 0) is 55.8 Å². The highest BCUT2D eigenvalue weighted by Crippen LogP contribution is 2.62. The lowest BCUT2D eigenvalue weighted by molar-refractivity contribution is -0.149. The van der Waals surface area contributed by atoms with Gasteiger partial charge in [0.1, 0.15) is 0 Å². The van der Waals surface area contributed by atoms with Crippen LogP contribution in [-0.2, 0) is 9.53 Å². The summed E-state index contributed by atoms with van der Waals surface area (Å²) in [5, 5.41) is 0. The zero-order chi connectivity index (χ0) is 11.4. The zero-order valence-corrected chi connectivity index (χ0v) is 10.00. The first kappa shape index (κ1) is 10.6. The van der Waals surface area contributed by atoms with Crippen molar-refractivity contribution in [3.05, 3.63) is 0 Å². The third kappa shape index (κ3) is 1.56. The fraction of sp³-hybridized carbons (Fsp3) is 0.923. The molecule has 4 bridgehead atoms. The highest BCUT2D eigenvalue weighted by Gasteiger charge is 2.56. The molecule has 0 saturated heterocycles. The molecule has 16 heavy (non-hydrogen) atoms. The maximum Gasteiger partial charge on any atom is 0.306 e. The second-order valence-electron chi connectivity index (χ2n) is 6.58. The van der Waals surface area contributed by atoms with E-state index in [0.717, 1.165) is 18.3 Å². The first-order valence-corrected chi connectivity index (χ1v) is 6.38. The van der Waals surface area contributed by atoms with Gasteiger partial charge in [0.05, 0.1) is 13.5 Å². The molecule has 3 nitrogen and oxygen atoms in total. The molecule has 2 atom stereocenters. The predicted octanol–water partition coefficient (Wildman–Crippen LogP) is 1.85. The molecule has 0 aliphatic heterocycles. The molecule has 0 spiro atoms. The minimum absolute atomic E-state index is 0.0398. The topological polar surface area (TPSA) is 52.3 Å². The second kappa shape index (κ2) is 3.22. The van der Waals surface area contributed by atoms with Gasteiger partial charge in [-0.2, -0.15) is 0 Å². The van der Waals surface area contributed by atoms with Crippen LogP contribution in [0, 0.1) is 17.3 Å². The van der Waals surface area contributed by atoms with Crippen molar-refractivity contribution < 1.29 is 9.53 Å². The van der Waals surface area contributed by atoms with Crippen LogP contribution in [0.4, 0.5) is 0 Å². The molecular weight excluding hydrogens is 202 g/mol. The van der Waals surface area contributed by atoms with Gasteiger partial charge in [-0.15, -0.1) is 0 Å². The fourth-order valence-electron chi connectivity index (χ4n) is 5.11. The zero-order valence-electron chi connectivity index (χ0n) is 10.00. The third-order valence-corrected chi connectivity index (χ3v) is 4.97. The number of carbonyl (C=O) groups is 1. The number of hydrogen-bond acceptors (Lipinski definition) is 3. The Bertz CT molecular complexity index is 312. The Morgan fingerprint density at radius 1 is 1.31 bits per heavy atom. The van der Waals surface area contributed by atoms with Crippen LogP contribution in [0.2, 0.25) is 0 Å². The summed E-state index contributed by atoms with van der Waals surface area (Å²) in [5.74, 6) is 1.50. The quantitative estimate of drug-likeness (QED) is 0.727. The Balaban J connectivity index is 1.83. The van der Waals surface area contributed by atoms with Crippen LogP contribution in [0.25, 0.3) is 0 Å². The van der Waals surface area contributed by atoms with E-state index in [1.165, 1.54) is 39.2 Å². The average Bonchev–Trinajstić information content (AvgIpc) is 2.12. The minimum atomic E-state index is -0.0504. The molecular formula is C13H21NO2. The van der Waals surface area contributed by atoms with E-state index < -0.39 is 0 Å². The molecule has 0 amide bonds. The van der Waals surface area contributed by atoms with Gasteiger partial charge in [-0.25, -0.2) is 0 Å². The summed E-state index contributed by atoms with van der Waals surface area (Å²) in [4.78, 5) is 11.5. The first-order chi connectivity index (χ1) is 7.53. The predicted molar refractivity (Wildman–Crippen MR) is 60.7 cm³/mol. The molecule has 90 valence electrons. The van der Waals surface area contributed by atoms with Crippen molar-refractivity contribution >= 4 is 5.97 Å². The lowest BCUT2D eigenvalue weighted by Gasteiger charge is -2.60. The Morgan fingerprint density at radius 3 is 2.44 bits per heavy atom. The van der Waals surface area contributed by atoms with Crippen LogP contribution < -0.4 is 5.73 Å². The van der Waals surface area contributed by atoms with Crippen LogP contribution in [0.1, 0.15) is 44.9 Å². The first-order valence-electron chi connectivity index (χ1n) is 6.38. The molecule has 4 rings (SSSR count). The molecule has 2 N–H and O–H groups in total. The smallest absolute Gasteiger partial charge is 0.306 e. The van der Waals surface area contributed by atoms with Crippen LogP contribution in [0.3, 0.4) is 0 Å². The highest BCUT2D eigenvalue weighted by atomic mass is 16.5. The molecule has 4 aliphatic carbocycles. The van der Waals surface area contributed by atoms with E-state index in [1.807, 2.05) is 0 Å². The fourth-order valence-corrected chi connectivity index (χ4v) is 5.11. The Morgan fingerprint density at radius 2 is 1.94 bits per heavy atom. The van der Waals surface area contributed by atoms with E-state index in [0.29, 0.717) is 6.42 Å². The maximum absolute atomic E-state index is 11.5. The lowest BCUT2D eigenvalue weighted by atomic mass is 9.46. The van der Waals surface area contributed by atoms with E-state index in [9.17, 15) is 4.79 Å². The van der Waals surface area contributed by atoms with Crippen molar-refractivity contribution in [2.75, 3.05) is 7.11 Å². The van der Waals surface area contributed by atoms with Crippen molar-refractivity contribution in [2.45, 2.75) is 50.5 Å². The van der Waals surface area contributed by atoms with Gasteiger partial charge >= 0.3 is 5.97 Å². The molecule has 2 unspecified atom stereocenters. The summed E-state index contributed by atoms with van der Waals surface area (Å²) in [6.07, 6.45) is 7.77. The molecule has 3 heteroatoms. The van der Waals surface area contributed by atoms with Crippen molar-refractivity contribution in [1.29, 1.82) is 0 Å². The standard InChI is InChI=1S/C13H21NO2/c1-16-11(15)7-12-3-9-2-10(4-12)6-13(14,5-9)8-12/h9-10H,2-8,14H2,1H3. The Hall–Kier alpha value is -0.570. The molecule has 0 heterocycles. The second-order valence-corrected chi connectivity index (χ2v) is 6.58. The van der Waals surface area contributed by atoms with Crippen LogP contribution in [0.15, 0.2) is 0 Å². The van der Waals surface area contributed by atoms with Crippen LogP contribution in [-0.4, -0.2) is 18.6 Å². The van der Waals surface area contributed by atoms with Crippen molar-refractivity contribution in [3.63, 3.8) is 0 Å². The summed E-state index contributed by atoms with van der Waals surface area (Å²) >= 11 is 0. The highest BCUT2D eigenvalue weighted by molar-refractivity contribution is 5.70. The van der Waals surface area contributed by atoms with Gasteiger partial charge in [-0.1, -0.05) is 0 Å². The Labute approximate surface area is 96.7 Å². The van der Waals surface area contributed by atoms with E-state index in [-0.39, 0.29) is 16.9 Å². The van der Waals surface area contributed by atoms with Crippen LogP contribution >= 0.6 is 0 Å². The van der Waals surface area contributed by atoms with Gasteiger partial charge in [-0.3, -0.25) is 4.79 Å². The molecule has 4 aliphatic rings. The molecule has 0 aromatic rings. The van der Waals surface area contributed by atoms with Gasteiger partial charge < -0.3 is 10.5 Å². The summed E-state index contributed by atoms with van der Waals surface area (Å²) < 4.78 is 4.84. The van der Waals surface area contributed by atoms with Gasteiger partial charge in [0.2, 0.25) is 0 Å². The average molecular weight is 223 g/mol. The number of esters is 1. The molecule has 4 fully saturated rings. The minimum Gasteiger partial charge on any atom is -0.469 e. The van der Waals surface area contributed by atoms with Gasteiger partial charge in [0.15, 0.2) is 0 Å². The van der Waals surface area contributed by atoms with Crippen molar-refractivity contribution in [1.82, 2.24) is 0 Å². The van der Waals surface area contributed by atoms with E-state index in [1.54, 1.807) is 0 Å². The SMILES string of the molecule is COC(=O)CC12CC3CC(CC(N)(C3)C1)C2.